The van der Waals surface area contributed by atoms with Crippen LogP contribution in [0.25, 0.3) is 0 Å². The van der Waals surface area contributed by atoms with Crippen molar-refractivity contribution in [2.45, 2.75) is 19.4 Å². The molecule has 0 saturated carbocycles. The van der Waals surface area contributed by atoms with Gasteiger partial charge in [-0.3, -0.25) is 0 Å². The quantitative estimate of drug-likeness (QED) is 0.279. The number of hydrogen-bond donors (Lipinski definition) is 1. The monoisotopic (exact) mass is 540 g/mol. The largest absolute Gasteiger partial charge is 0.493 e. The van der Waals surface area contributed by atoms with Gasteiger partial charge in [-0.05, 0) is 85.2 Å². The van der Waals surface area contributed by atoms with Crippen molar-refractivity contribution < 1.29 is 23.7 Å². The first-order valence-electron chi connectivity index (χ1n) is 11.9. The lowest BCUT2D eigenvalue weighted by molar-refractivity contribution is 0.0526. The molecule has 3 aromatic carbocycles. The van der Waals surface area contributed by atoms with Crippen LogP contribution in [0.15, 0.2) is 60.7 Å². The fourth-order valence-corrected chi connectivity index (χ4v) is 4.79. The van der Waals surface area contributed by atoms with Gasteiger partial charge in [-0.25, -0.2) is 4.79 Å². The third-order valence-electron chi connectivity index (χ3n) is 6.15. The maximum absolute atomic E-state index is 12.0. The molecule has 0 spiro atoms. The van der Waals surface area contributed by atoms with E-state index in [0.717, 1.165) is 23.2 Å². The molecule has 1 atom stereocenters. The molecule has 37 heavy (non-hydrogen) atoms. The van der Waals surface area contributed by atoms with E-state index in [9.17, 15) is 4.79 Å². The summed E-state index contributed by atoms with van der Waals surface area (Å²) < 4.78 is 22.4. The number of carbonyl (C=O) groups is 1. The molecule has 4 rings (SSSR count). The number of nitrogens with one attached hydrogen (secondary N) is 1. The number of carbonyl (C=O) groups excluding carboxylic acids is 1. The lowest BCUT2D eigenvalue weighted by Gasteiger charge is -2.39. The van der Waals surface area contributed by atoms with E-state index in [2.05, 4.69) is 10.2 Å². The van der Waals surface area contributed by atoms with Gasteiger partial charge in [0, 0.05) is 6.54 Å². The smallest absolute Gasteiger partial charge is 0.338 e. The Balaban J connectivity index is 1.61. The second-order valence-electron chi connectivity index (χ2n) is 8.33. The number of para-hydroxylation sites is 1. The van der Waals surface area contributed by atoms with Crippen LogP contribution < -0.4 is 19.5 Å². The molecule has 194 valence electrons. The minimum Gasteiger partial charge on any atom is -0.493 e. The molecule has 1 aliphatic rings. The zero-order chi connectivity index (χ0) is 26.4. The van der Waals surface area contributed by atoms with Crippen molar-refractivity contribution >= 4 is 40.6 Å². The lowest BCUT2D eigenvalue weighted by Crippen LogP contribution is -2.44. The Morgan fingerprint density at radius 3 is 2.46 bits per heavy atom. The third-order valence-corrected chi connectivity index (χ3v) is 6.82. The minimum absolute atomic E-state index is 0.212. The van der Waals surface area contributed by atoms with Crippen LogP contribution in [0, 0.1) is 0 Å². The van der Waals surface area contributed by atoms with Crippen molar-refractivity contribution in [1.82, 2.24) is 4.90 Å². The number of benzene rings is 3. The number of anilines is 1. The van der Waals surface area contributed by atoms with Gasteiger partial charge in [-0.1, -0.05) is 23.7 Å². The second kappa shape index (κ2) is 12.2. The fraction of sp³-hybridized carbons (Fsp3) is 0.286. The zero-order valence-electron chi connectivity index (χ0n) is 21.0. The topological polar surface area (TPSA) is 69.3 Å². The first-order chi connectivity index (χ1) is 17.9. The number of methoxy groups -OCH3 is 2. The molecule has 1 unspecified atom stereocenters. The summed E-state index contributed by atoms with van der Waals surface area (Å²) in [6.45, 7) is 3.09. The average Bonchev–Trinajstić information content (AvgIpc) is 2.92. The van der Waals surface area contributed by atoms with Crippen molar-refractivity contribution in [3.8, 4) is 17.2 Å². The van der Waals surface area contributed by atoms with Crippen LogP contribution in [-0.2, 0) is 11.2 Å². The van der Waals surface area contributed by atoms with Crippen LogP contribution in [-0.4, -0.2) is 50.0 Å². The normalized spacial score (nSPS) is 14.4. The van der Waals surface area contributed by atoms with Crippen LogP contribution in [0.1, 0.15) is 34.5 Å². The first-order valence-corrected chi connectivity index (χ1v) is 12.7. The predicted octanol–water partition coefficient (Wildman–Crippen LogP) is 5.91. The molecule has 3 aromatic rings. The number of rotatable bonds is 8. The molecule has 9 heteroatoms. The molecule has 1 N–H and O–H groups in total. The van der Waals surface area contributed by atoms with Gasteiger partial charge in [0.15, 0.2) is 16.6 Å². The molecule has 1 heterocycles. The molecule has 1 aliphatic heterocycles. The summed E-state index contributed by atoms with van der Waals surface area (Å²) >= 11 is 12.2. The maximum Gasteiger partial charge on any atom is 0.338 e. The summed E-state index contributed by atoms with van der Waals surface area (Å²) in [5.74, 6) is 1.58. The van der Waals surface area contributed by atoms with E-state index in [1.807, 2.05) is 36.4 Å². The van der Waals surface area contributed by atoms with E-state index in [1.54, 1.807) is 45.4 Å². The number of halogens is 1. The Morgan fingerprint density at radius 2 is 1.78 bits per heavy atom. The van der Waals surface area contributed by atoms with Gasteiger partial charge in [0.2, 0.25) is 0 Å². The van der Waals surface area contributed by atoms with Crippen LogP contribution >= 0.6 is 23.8 Å². The van der Waals surface area contributed by atoms with E-state index in [-0.39, 0.29) is 12.0 Å². The van der Waals surface area contributed by atoms with Gasteiger partial charge in [-0.2, -0.15) is 0 Å². The number of thiocarbonyl (C=S) groups is 1. The summed E-state index contributed by atoms with van der Waals surface area (Å²) in [6.07, 6.45) is 0.769. The van der Waals surface area contributed by atoms with Crippen molar-refractivity contribution in [2.24, 2.45) is 0 Å². The highest BCUT2D eigenvalue weighted by molar-refractivity contribution is 7.80. The molecule has 0 fully saturated rings. The molecule has 0 aromatic heterocycles. The highest BCUT2D eigenvalue weighted by Gasteiger charge is 2.31. The van der Waals surface area contributed by atoms with E-state index in [4.69, 9.17) is 42.8 Å². The first kappa shape index (κ1) is 26.6. The molecule has 0 saturated heterocycles. The van der Waals surface area contributed by atoms with Gasteiger partial charge in [0.1, 0.15) is 12.4 Å². The molecular weight excluding hydrogens is 512 g/mol. The highest BCUT2D eigenvalue weighted by Crippen LogP contribution is 2.39. The van der Waals surface area contributed by atoms with Gasteiger partial charge >= 0.3 is 5.97 Å². The average molecular weight is 541 g/mol. The third kappa shape index (κ3) is 6.09. The number of hydrogen-bond acceptors (Lipinski definition) is 6. The van der Waals surface area contributed by atoms with Crippen molar-refractivity contribution in [3.05, 3.63) is 82.4 Å². The van der Waals surface area contributed by atoms with Crippen molar-refractivity contribution in [3.63, 3.8) is 0 Å². The highest BCUT2D eigenvalue weighted by atomic mass is 35.5. The molecule has 0 radical (unpaired) electrons. The number of ether oxygens (including phenoxy) is 4. The fourth-order valence-electron chi connectivity index (χ4n) is 4.28. The minimum atomic E-state index is -0.363. The molecule has 0 aliphatic carbocycles. The Bertz CT molecular complexity index is 1270. The predicted molar refractivity (Wildman–Crippen MR) is 148 cm³/mol. The van der Waals surface area contributed by atoms with Gasteiger partial charge in [0.05, 0.1) is 43.1 Å². The van der Waals surface area contributed by atoms with Gasteiger partial charge in [-0.15, -0.1) is 0 Å². The Hall–Kier alpha value is -3.49. The number of esters is 1. The Labute approximate surface area is 227 Å². The zero-order valence-corrected chi connectivity index (χ0v) is 22.5. The number of fused-ring (bicyclic) bond motifs is 1. The van der Waals surface area contributed by atoms with Crippen LogP contribution in [0.2, 0.25) is 5.02 Å². The van der Waals surface area contributed by atoms with Crippen LogP contribution in [0.3, 0.4) is 0 Å². The van der Waals surface area contributed by atoms with Gasteiger partial charge in [0.25, 0.3) is 0 Å². The molecule has 0 bridgehead atoms. The number of nitrogens with zero attached hydrogens (tertiary/aromatic N) is 1. The Morgan fingerprint density at radius 1 is 1.08 bits per heavy atom. The van der Waals surface area contributed by atoms with Crippen molar-refractivity contribution in [1.29, 1.82) is 0 Å². The summed E-state index contributed by atoms with van der Waals surface area (Å²) in [5, 5.41) is 4.41. The van der Waals surface area contributed by atoms with Crippen LogP contribution in [0.4, 0.5) is 5.69 Å². The summed E-state index contributed by atoms with van der Waals surface area (Å²) in [6, 6.07) is 18.2. The summed E-state index contributed by atoms with van der Waals surface area (Å²) in [7, 11) is 3.24. The lowest BCUT2D eigenvalue weighted by atomic mass is 9.92. The molecular formula is C28H29ClN2O5S. The second-order valence-corrected chi connectivity index (χ2v) is 9.12. The molecule has 7 nitrogen and oxygen atoms in total. The molecule has 0 amide bonds. The summed E-state index contributed by atoms with van der Waals surface area (Å²) in [5.41, 5.74) is 3.39. The maximum atomic E-state index is 12.0. The van der Waals surface area contributed by atoms with E-state index >= 15 is 0 Å². The van der Waals surface area contributed by atoms with E-state index in [1.165, 1.54) is 0 Å². The standard InChI is InChI=1S/C28H29ClN2O5S/c1-4-35-27(32)18-9-11-20(12-10-18)36-17-24-21-16-26(34-3)25(33-2)15-19(21)13-14-31(24)28(37)30-23-8-6-5-7-22(23)29/h5-12,15-16,24H,4,13-14,17H2,1-3H3,(H,30,37). The van der Waals surface area contributed by atoms with E-state index < -0.39 is 0 Å². The Kier molecular flexibility index (Phi) is 8.74. The van der Waals surface area contributed by atoms with E-state index in [0.29, 0.717) is 52.7 Å². The van der Waals surface area contributed by atoms with Gasteiger partial charge < -0.3 is 29.2 Å². The summed E-state index contributed by atoms with van der Waals surface area (Å²) in [4.78, 5) is 14.1. The van der Waals surface area contributed by atoms with Crippen LogP contribution in [0.5, 0.6) is 17.2 Å². The van der Waals surface area contributed by atoms with Crippen molar-refractivity contribution in [2.75, 3.05) is 39.3 Å². The SMILES string of the molecule is CCOC(=O)c1ccc(OCC2c3cc(OC)c(OC)cc3CCN2C(=S)Nc2ccccc2Cl)cc1.